The molecule has 0 radical (unpaired) electrons. The van der Waals surface area contributed by atoms with E-state index in [4.69, 9.17) is 8.94 Å². The fraction of sp³-hybridized carbons (Fsp3) is 0.235. The third kappa shape index (κ3) is 3.81. The summed E-state index contributed by atoms with van der Waals surface area (Å²) in [5, 5.41) is 7.11. The largest absolute Gasteiger partial charge is 0.472 e. The van der Waals surface area contributed by atoms with E-state index in [1.807, 2.05) is 24.3 Å². The number of nitrogens with one attached hydrogen (secondary N) is 1. The van der Waals surface area contributed by atoms with Gasteiger partial charge in [-0.05, 0) is 23.8 Å². The first-order valence-corrected chi connectivity index (χ1v) is 7.50. The van der Waals surface area contributed by atoms with Gasteiger partial charge in [-0.1, -0.05) is 17.3 Å². The molecule has 0 unspecified atom stereocenters. The number of likely N-dealkylation sites (N-methyl/N-ethyl adjacent to an activating group) is 1. The predicted octanol–water partition coefficient (Wildman–Crippen LogP) is 2.57. The Morgan fingerprint density at radius 2 is 2.00 bits per heavy atom. The van der Waals surface area contributed by atoms with Crippen LogP contribution in [0.2, 0.25) is 0 Å². The van der Waals surface area contributed by atoms with Crippen LogP contribution >= 0.6 is 0 Å². The summed E-state index contributed by atoms with van der Waals surface area (Å²) in [6.07, 6.45) is 3.52. The van der Waals surface area contributed by atoms with Gasteiger partial charge in [-0.25, -0.2) is 0 Å². The molecule has 7 heteroatoms. The molecule has 0 atom stereocenters. The Balaban J connectivity index is 1.56. The van der Waals surface area contributed by atoms with Gasteiger partial charge in [-0.3, -0.25) is 4.79 Å². The number of carbonyl (C=O) groups excluding carboxylic acids is 1. The number of furan rings is 1. The van der Waals surface area contributed by atoms with Crippen LogP contribution in [0.4, 0.5) is 5.69 Å². The Morgan fingerprint density at radius 3 is 2.67 bits per heavy atom. The lowest BCUT2D eigenvalue weighted by Gasteiger charge is -2.10. The lowest BCUT2D eigenvalue weighted by Crippen LogP contribution is -2.23. The van der Waals surface area contributed by atoms with Crippen LogP contribution in [0.1, 0.15) is 11.5 Å². The number of aromatic nitrogens is 2. The standard InChI is InChI=1S/C17H18N4O3/c1-21(2)16(22)9-12-3-5-14(6-4-12)18-10-15-19-17(20-24-15)13-7-8-23-11-13/h3-8,11,18H,9-10H2,1-2H3. The first-order chi connectivity index (χ1) is 11.6. The lowest BCUT2D eigenvalue weighted by atomic mass is 10.1. The zero-order valence-electron chi connectivity index (χ0n) is 13.5. The number of carbonyl (C=O) groups is 1. The van der Waals surface area contributed by atoms with Gasteiger partial charge in [-0.15, -0.1) is 0 Å². The molecule has 1 aromatic carbocycles. The maximum atomic E-state index is 11.7. The van der Waals surface area contributed by atoms with Crippen LogP contribution in [0, 0.1) is 0 Å². The quantitative estimate of drug-likeness (QED) is 0.749. The second-order valence-corrected chi connectivity index (χ2v) is 5.54. The number of nitrogens with zero attached hydrogens (tertiary/aromatic N) is 3. The Bertz CT molecular complexity index is 792. The minimum atomic E-state index is 0.0772. The van der Waals surface area contributed by atoms with Crippen LogP contribution in [0.3, 0.4) is 0 Å². The normalized spacial score (nSPS) is 10.6. The molecule has 0 aliphatic carbocycles. The van der Waals surface area contributed by atoms with Crippen LogP contribution in [-0.4, -0.2) is 35.0 Å². The van der Waals surface area contributed by atoms with Crippen LogP contribution in [0.25, 0.3) is 11.4 Å². The average Bonchev–Trinajstić information content (AvgIpc) is 3.25. The summed E-state index contributed by atoms with van der Waals surface area (Å²) in [4.78, 5) is 17.6. The Hall–Kier alpha value is -3.09. The minimum Gasteiger partial charge on any atom is -0.472 e. The van der Waals surface area contributed by atoms with Gasteiger partial charge in [-0.2, -0.15) is 4.98 Å². The SMILES string of the molecule is CN(C)C(=O)Cc1ccc(NCc2nc(-c3ccoc3)no2)cc1. The summed E-state index contributed by atoms with van der Waals surface area (Å²) >= 11 is 0. The van der Waals surface area contributed by atoms with E-state index in [9.17, 15) is 4.79 Å². The van der Waals surface area contributed by atoms with Crippen molar-refractivity contribution in [1.82, 2.24) is 15.0 Å². The Kier molecular flexibility index (Phi) is 4.60. The fourth-order valence-electron chi connectivity index (χ4n) is 2.09. The highest BCUT2D eigenvalue weighted by Crippen LogP contribution is 2.17. The average molecular weight is 326 g/mol. The third-order valence-electron chi connectivity index (χ3n) is 3.50. The minimum absolute atomic E-state index is 0.0772. The highest BCUT2D eigenvalue weighted by atomic mass is 16.5. The summed E-state index contributed by atoms with van der Waals surface area (Å²) in [6, 6.07) is 9.47. The second kappa shape index (κ2) is 6.99. The molecule has 0 saturated carbocycles. The molecule has 0 aliphatic heterocycles. The van der Waals surface area contributed by atoms with E-state index < -0.39 is 0 Å². The van der Waals surface area contributed by atoms with Gasteiger partial charge in [0.15, 0.2) is 0 Å². The molecule has 0 spiro atoms. The number of rotatable bonds is 6. The van der Waals surface area contributed by atoms with Gasteiger partial charge in [0.05, 0.1) is 24.8 Å². The number of anilines is 1. The van der Waals surface area contributed by atoms with E-state index in [2.05, 4.69) is 15.5 Å². The van der Waals surface area contributed by atoms with Crippen molar-refractivity contribution in [2.75, 3.05) is 19.4 Å². The zero-order chi connectivity index (χ0) is 16.9. The summed E-state index contributed by atoms with van der Waals surface area (Å²) in [5.74, 6) is 1.06. The second-order valence-electron chi connectivity index (χ2n) is 5.54. The van der Waals surface area contributed by atoms with Crippen molar-refractivity contribution in [3.63, 3.8) is 0 Å². The van der Waals surface area contributed by atoms with Crippen molar-refractivity contribution in [2.45, 2.75) is 13.0 Å². The molecule has 2 heterocycles. The van der Waals surface area contributed by atoms with E-state index >= 15 is 0 Å². The molecule has 0 aliphatic rings. The molecule has 0 fully saturated rings. The fourth-order valence-corrected chi connectivity index (χ4v) is 2.09. The number of hydrogen-bond acceptors (Lipinski definition) is 6. The molecule has 7 nitrogen and oxygen atoms in total. The van der Waals surface area contributed by atoms with Gasteiger partial charge >= 0.3 is 0 Å². The van der Waals surface area contributed by atoms with Crippen molar-refractivity contribution < 1.29 is 13.7 Å². The van der Waals surface area contributed by atoms with Crippen LogP contribution in [0.15, 0.2) is 51.8 Å². The smallest absolute Gasteiger partial charge is 0.246 e. The zero-order valence-corrected chi connectivity index (χ0v) is 13.5. The maximum absolute atomic E-state index is 11.7. The van der Waals surface area contributed by atoms with Crippen molar-refractivity contribution in [1.29, 1.82) is 0 Å². The third-order valence-corrected chi connectivity index (χ3v) is 3.50. The molecule has 0 saturated heterocycles. The number of benzene rings is 1. The molecule has 3 aromatic rings. The number of hydrogen-bond donors (Lipinski definition) is 1. The molecular formula is C17H18N4O3. The van der Waals surface area contributed by atoms with Crippen molar-refractivity contribution in [3.8, 4) is 11.4 Å². The summed E-state index contributed by atoms with van der Waals surface area (Å²) in [7, 11) is 3.50. The van der Waals surface area contributed by atoms with E-state index in [1.54, 1.807) is 37.6 Å². The van der Waals surface area contributed by atoms with Crippen LogP contribution in [0.5, 0.6) is 0 Å². The summed E-state index contributed by atoms with van der Waals surface area (Å²) in [6.45, 7) is 0.417. The molecule has 1 N–H and O–H groups in total. The van der Waals surface area contributed by atoms with Gasteiger partial charge in [0.1, 0.15) is 6.26 Å². The van der Waals surface area contributed by atoms with Gasteiger partial charge in [0, 0.05) is 19.8 Å². The monoisotopic (exact) mass is 326 g/mol. The van der Waals surface area contributed by atoms with Gasteiger partial charge in [0.25, 0.3) is 0 Å². The first kappa shape index (κ1) is 15.8. The molecule has 1 amide bonds. The Labute approximate surface area is 139 Å². The number of amides is 1. The van der Waals surface area contributed by atoms with Crippen LogP contribution < -0.4 is 5.32 Å². The van der Waals surface area contributed by atoms with Crippen molar-refractivity contribution in [3.05, 3.63) is 54.3 Å². The highest BCUT2D eigenvalue weighted by molar-refractivity contribution is 5.78. The highest BCUT2D eigenvalue weighted by Gasteiger charge is 2.09. The predicted molar refractivity (Wildman–Crippen MR) is 88.2 cm³/mol. The molecular weight excluding hydrogens is 308 g/mol. The van der Waals surface area contributed by atoms with E-state index in [0.717, 1.165) is 16.8 Å². The molecule has 24 heavy (non-hydrogen) atoms. The topological polar surface area (TPSA) is 84.4 Å². The van der Waals surface area contributed by atoms with E-state index in [0.29, 0.717) is 24.7 Å². The summed E-state index contributed by atoms with van der Waals surface area (Å²) < 4.78 is 10.2. The van der Waals surface area contributed by atoms with Crippen molar-refractivity contribution >= 4 is 11.6 Å². The molecule has 3 rings (SSSR count). The van der Waals surface area contributed by atoms with Crippen molar-refractivity contribution in [2.24, 2.45) is 0 Å². The van der Waals surface area contributed by atoms with E-state index in [1.165, 1.54) is 0 Å². The summed E-state index contributed by atoms with van der Waals surface area (Å²) in [5.41, 5.74) is 2.67. The first-order valence-electron chi connectivity index (χ1n) is 7.50. The van der Waals surface area contributed by atoms with Gasteiger partial charge in [0.2, 0.25) is 17.6 Å². The molecule has 124 valence electrons. The molecule has 0 bridgehead atoms. The van der Waals surface area contributed by atoms with Gasteiger partial charge < -0.3 is 19.2 Å². The molecule has 2 aromatic heterocycles. The Morgan fingerprint density at radius 1 is 1.21 bits per heavy atom. The maximum Gasteiger partial charge on any atom is 0.246 e. The lowest BCUT2D eigenvalue weighted by molar-refractivity contribution is -0.127. The van der Waals surface area contributed by atoms with Crippen LogP contribution in [-0.2, 0) is 17.8 Å². The van der Waals surface area contributed by atoms with E-state index in [-0.39, 0.29) is 5.91 Å².